The summed E-state index contributed by atoms with van der Waals surface area (Å²) in [6, 6.07) is 18.8. The first-order chi connectivity index (χ1) is 13.2. The van der Waals surface area contributed by atoms with Crippen molar-refractivity contribution in [1.29, 1.82) is 0 Å². The van der Waals surface area contributed by atoms with Crippen molar-refractivity contribution < 1.29 is 9.53 Å². The maximum atomic E-state index is 12.9. The van der Waals surface area contributed by atoms with Crippen molar-refractivity contribution >= 4 is 11.9 Å². The number of carbonyl (C=O) groups is 1. The van der Waals surface area contributed by atoms with E-state index in [-0.39, 0.29) is 11.3 Å². The second-order valence-electron chi connectivity index (χ2n) is 7.98. The summed E-state index contributed by atoms with van der Waals surface area (Å²) in [5.74, 6) is 2.15. The minimum absolute atomic E-state index is 0.0851. The highest BCUT2D eigenvalue weighted by Gasteiger charge is 2.62. The molecule has 2 aliphatic carbocycles. The largest absolute Gasteiger partial charge is 0.497 e. The summed E-state index contributed by atoms with van der Waals surface area (Å²) in [6.45, 7) is 0. The smallest absolute Gasteiger partial charge is 0.143 e. The van der Waals surface area contributed by atoms with Crippen LogP contribution in [0, 0.1) is 11.3 Å². The van der Waals surface area contributed by atoms with E-state index in [9.17, 15) is 4.79 Å². The second-order valence-corrected chi connectivity index (χ2v) is 7.98. The summed E-state index contributed by atoms with van der Waals surface area (Å²) in [5, 5.41) is 0. The van der Waals surface area contributed by atoms with E-state index in [1.54, 1.807) is 7.11 Å². The second kappa shape index (κ2) is 7.72. The van der Waals surface area contributed by atoms with Gasteiger partial charge in [-0.05, 0) is 55.4 Å². The fourth-order valence-electron chi connectivity index (χ4n) is 5.26. The number of allylic oxidation sites excluding steroid dienone is 1. The average molecular weight is 360 g/mol. The van der Waals surface area contributed by atoms with Crippen LogP contribution in [0.4, 0.5) is 0 Å². The molecule has 0 amide bonds. The SMILES string of the molecule is COc1ccc(/C=C/CCC[C@]23CCC[C@H](C2=O)[C@@H]3c2ccccc2)cc1. The number of ketones is 1. The fourth-order valence-corrected chi connectivity index (χ4v) is 5.26. The summed E-state index contributed by atoms with van der Waals surface area (Å²) >= 11 is 0. The first-order valence-corrected chi connectivity index (χ1v) is 10.1. The Bertz CT molecular complexity index is 806. The molecule has 0 radical (unpaired) electrons. The van der Waals surface area contributed by atoms with E-state index in [2.05, 4.69) is 54.6 Å². The number of fused-ring (bicyclic) bond motifs is 2. The van der Waals surface area contributed by atoms with Crippen LogP contribution in [0.5, 0.6) is 5.75 Å². The maximum absolute atomic E-state index is 12.9. The lowest BCUT2D eigenvalue weighted by Gasteiger charge is -2.58. The van der Waals surface area contributed by atoms with Gasteiger partial charge in [0.2, 0.25) is 0 Å². The molecule has 140 valence electrons. The number of benzene rings is 2. The van der Waals surface area contributed by atoms with Crippen LogP contribution in [0.1, 0.15) is 55.6 Å². The predicted molar refractivity (Wildman–Crippen MR) is 110 cm³/mol. The molecule has 0 spiro atoms. The van der Waals surface area contributed by atoms with Gasteiger partial charge in [0.15, 0.2) is 0 Å². The first kappa shape index (κ1) is 18.0. The molecule has 0 aromatic heterocycles. The third-order valence-corrected chi connectivity index (χ3v) is 6.54. The fraction of sp³-hybridized carbons (Fsp3) is 0.400. The van der Waals surface area contributed by atoms with Crippen LogP contribution < -0.4 is 4.74 Å². The molecule has 2 heteroatoms. The number of Topliss-reactive ketones (excluding diaryl/α,β-unsaturated/α-hetero) is 1. The monoisotopic (exact) mass is 360 g/mol. The molecule has 3 atom stereocenters. The lowest BCUT2D eigenvalue weighted by molar-refractivity contribution is -0.158. The molecule has 2 aromatic rings. The normalized spacial score (nSPS) is 26.8. The van der Waals surface area contributed by atoms with Gasteiger partial charge in [0.1, 0.15) is 11.5 Å². The van der Waals surface area contributed by atoms with Gasteiger partial charge in [-0.3, -0.25) is 4.79 Å². The Morgan fingerprint density at radius 2 is 1.89 bits per heavy atom. The van der Waals surface area contributed by atoms with E-state index in [0.29, 0.717) is 11.7 Å². The lowest BCUT2D eigenvalue weighted by Crippen LogP contribution is -2.58. The number of carbonyl (C=O) groups excluding carboxylic acids is 1. The lowest BCUT2D eigenvalue weighted by atomic mass is 9.43. The molecule has 2 saturated carbocycles. The van der Waals surface area contributed by atoms with Crippen molar-refractivity contribution in [2.75, 3.05) is 7.11 Å². The van der Waals surface area contributed by atoms with Crippen molar-refractivity contribution in [3.63, 3.8) is 0 Å². The van der Waals surface area contributed by atoms with Crippen LogP contribution in [0.3, 0.4) is 0 Å². The van der Waals surface area contributed by atoms with Gasteiger partial charge < -0.3 is 4.74 Å². The number of ether oxygens (including phenoxy) is 1. The Morgan fingerprint density at radius 3 is 2.59 bits per heavy atom. The van der Waals surface area contributed by atoms with Crippen molar-refractivity contribution in [3.05, 3.63) is 71.8 Å². The highest BCUT2D eigenvalue weighted by Crippen LogP contribution is 2.64. The Hall–Kier alpha value is -2.35. The van der Waals surface area contributed by atoms with Crippen molar-refractivity contribution in [3.8, 4) is 5.75 Å². The van der Waals surface area contributed by atoms with Crippen LogP contribution in [-0.2, 0) is 4.79 Å². The average Bonchev–Trinajstić information content (AvgIpc) is 2.74. The van der Waals surface area contributed by atoms with Gasteiger partial charge in [-0.25, -0.2) is 0 Å². The summed E-state index contributed by atoms with van der Waals surface area (Å²) in [5.41, 5.74) is 2.47. The van der Waals surface area contributed by atoms with Gasteiger partial charge in [0, 0.05) is 17.3 Å². The summed E-state index contributed by atoms with van der Waals surface area (Å²) in [7, 11) is 1.69. The van der Waals surface area contributed by atoms with Gasteiger partial charge in [0.25, 0.3) is 0 Å². The zero-order valence-electron chi connectivity index (χ0n) is 16.1. The van der Waals surface area contributed by atoms with E-state index in [1.807, 2.05) is 12.1 Å². The molecule has 0 heterocycles. The molecule has 2 fully saturated rings. The third kappa shape index (κ3) is 3.34. The molecule has 0 unspecified atom stereocenters. The third-order valence-electron chi connectivity index (χ3n) is 6.54. The van der Waals surface area contributed by atoms with Gasteiger partial charge >= 0.3 is 0 Å². The van der Waals surface area contributed by atoms with E-state index in [1.165, 1.54) is 17.5 Å². The molecule has 0 N–H and O–H groups in total. The number of hydrogen-bond acceptors (Lipinski definition) is 2. The van der Waals surface area contributed by atoms with Gasteiger partial charge in [-0.15, -0.1) is 0 Å². The molecule has 27 heavy (non-hydrogen) atoms. The van der Waals surface area contributed by atoms with Gasteiger partial charge in [-0.1, -0.05) is 61.0 Å². The van der Waals surface area contributed by atoms with Crippen molar-refractivity contribution in [2.24, 2.45) is 11.3 Å². The standard InChI is InChI=1S/C25H28O2/c1-27-21-15-13-19(14-16-21)9-4-3-7-17-25-18-8-12-22(24(25)26)23(25)20-10-5-2-6-11-20/h2,4-6,9-11,13-16,22-23H,3,7-8,12,17-18H2,1H3/b9-4+/t22-,23-,25+/m0/s1. The number of hydrogen-bond donors (Lipinski definition) is 0. The highest BCUT2D eigenvalue weighted by atomic mass is 16.5. The molecular weight excluding hydrogens is 332 g/mol. The molecule has 0 aliphatic heterocycles. The van der Waals surface area contributed by atoms with Gasteiger partial charge in [-0.2, -0.15) is 0 Å². The van der Waals surface area contributed by atoms with Crippen molar-refractivity contribution in [2.45, 2.75) is 44.4 Å². The molecule has 2 aromatic carbocycles. The molecule has 2 nitrogen and oxygen atoms in total. The predicted octanol–water partition coefficient (Wildman–Crippen LogP) is 6.03. The van der Waals surface area contributed by atoms with Gasteiger partial charge in [0.05, 0.1) is 7.11 Å². The summed E-state index contributed by atoms with van der Waals surface area (Å²) in [6.07, 6.45) is 10.9. The minimum atomic E-state index is -0.0851. The van der Waals surface area contributed by atoms with E-state index in [4.69, 9.17) is 4.74 Å². The van der Waals surface area contributed by atoms with Crippen molar-refractivity contribution in [1.82, 2.24) is 0 Å². The van der Waals surface area contributed by atoms with Crippen LogP contribution in [0.15, 0.2) is 60.7 Å². The molecule has 2 aliphatic rings. The minimum Gasteiger partial charge on any atom is -0.497 e. The first-order valence-electron chi connectivity index (χ1n) is 10.1. The molecule has 2 bridgehead atoms. The van der Waals surface area contributed by atoms with Crippen LogP contribution in [0.25, 0.3) is 6.08 Å². The number of rotatable bonds is 7. The molecular formula is C25H28O2. The summed E-state index contributed by atoms with van der Waals surface area (Å²) in [4.78, 5) is 12.9. The highest BCUT2D eigenvalue weighted by molar-refractivity contribution is 5.96. The number of unbranched alkanes of at least 4 members (excludes halogenated alkanes) is 1. The molecule has 4 rings (SSSR count). The molecule has 0 saturated heterocycles. The van der Waals surface area contributed by atoms with E-state index in [0.717, 1.165) is 37.9 Å². The topological polar surface area (TPSA) is 26.3 Å². The Labute approximate surface area is 162 Å². The van der Waals surface area contributed by atoms with Crippen LogP contribution in [-0.4, -0.2) is 12.9 Å². The zero-order valence-corrected chi connectivity index (χ0v) is 16.1. The van der Waals surface area contributed by atoms with Crippen LogP contribution >= 0.6 is 0 Å². The van der Waals surface area contributed by atoms with E-state index < -0.39 is 0 Å². The summed E-state index contributed by atoms with van der Waals surface area (Å²) < 4.78 is 5.20. The zero-order chi connectivity index (χ0) is 18.7. The van der Waals surface area contributed by atoms with E-state index >= 15 is 0 Å². The van der Waals surface area contributed by atoms with Crippen LogP contribution in [0.2, 0.25) is 0 Å². The Balaban J connectivity index is 1.37. The number of methoxy groups -OCH3 is 1. The Kier molecular flexibility index (Phi) is 5.15. The Morgan fingerprint density at radius 1 is 1.11 bits per heavy atom. The maximum Gasteiger partial charge on any atom is 0.143 e. The quantitative estimate of drug-likeness (QED) is 0.563.